The fraction of sp³-hybridized carbons (Fsp3) is 0.217. The maximum Gasteiger partial charge on any atom is 0.162 e. The topological polar surface area (TPSA) is 134 Å². The maximum absolute atomic E-state index is 8.94. The van der Waals surface area contributed by atoms with Crippen molar-refractivity contribution in [1.82, 2.24) is 30.2 Å². The van der Waals surface area contributed by atoms with Gasteiger partial charge in [-0.1, -0.05) is 0 Å². The monoisotopic (exact) mass is 439 g/mol. The third-order valence-corrected chi connectivity index (χ3v) is 5.36. The number of methoxy groups -OCH3 is 1. The van der Waals surface area contributed by atoms with Crippen LogP contribution in [0.2, 0.25) is 0 Å². The minimum absolute atomic E-state index is 0.269. The van der Waals surface area contributed by atoms with E-state index in [4.69, 9.17) is 20.0 Å². The van der Waals surface area contributed by atoms with Crippen molar-refractivity contribution in [3.8, 4) is 23.2 Å². The average molecular weight is 439 g/mol. The largest absolute Gasteiger partial charge is 0.494 e. The van der Waals surface area contributed by atoms with Crippen molar-refractivity contribution in [3.63, 3.8) is 0 Å². The lowest BCUT2D eigenvalue weighted by Gasteiger charge is -2.16. The lowest BCUT2D eigenvalue weighted by Crippen LogP contribution is -2.23. The van der Waals surface area contributed by atoms with Crippen molar-refractivity contribution in [2.24, 2.45) is 0 Å². The second-order valence-electron chi connectivity index (χ2n) is 7.56. The fourth-order valence-corrected chi connectivity index (χ4v) is 3.72. The van der Waals surface area contributed by atoms with Crippen LogP contribution in [0.4, 0.5) is 17.5 Å². The summed E-state index contributed by atoms with van der Waals surface area (Å²) in [6, 6.07) is 9.46. The minimum Gasteiger partial charge on any atom is -0.494 e. The van der Waals surface area contributed by atoms with Crippen molar-refractivity contribution in [2.75, 3.05) is 30.8 Å². The van der Waals surface area contributed by atoms with Crippen LogP contribution in [-0.4, -0.2) is 51.2 Å². The molecule has 33 heavy (non-hydrogen) atoms. The van der Waals surface area contributed by atoms with Gasteiger partial charge >= 0.3 is 0 Å². The molecule has 10 heteroatoms. The van der Waals surface area contributed by atoms with Gasteiger partial charge in [-0.15, -0.1) is 0 Å². The van der Waals surface area contributed by atoms with Gasteiger partial charge in [0.15, 0.2) is 5.82 Å². The van der Waals surface area contributed by atoms with Gasteiger partial charge in [-0.25, -0.2) is 19.9 Å². The molecule has 4 aromatic heterocycles. The van der Waals surface area contributed by atoms with E-state index in [0.29, 0.717) is 40.1 Å². The summed E-state index contributed by atoms with van der Waals surface area (Å²) in [5, 5.41) is 19.8. The molecule has 3 N–H and O–H groups in total. The lowest BCUT2D eigenvalue weighted by atomic mass is 10.2. The van der Waals surface area contributed by atoms with Crippen molar-refractivity contribution in [3.05, 3.63) is 54.6 Å². The number of anilines is 3. The Morgan fingerprint density at radius 2 is 2.06 bits per heavy atom. The van der Waals surface area contributed by atoms with E-state index in [1.54, 1.807) is 37.8 Å². The van der Waals surface area contributed by atoms with Crippen LogP contribution in [0.25, 0.3) is 22.3 Å². The fourth-order valence-electron chi connectivity index (χ4n) is 3.72. The summed E-state index contributed by atoms with van der Waals surface area (Å²) in [5.74, 6) is 3.05. The molecule has 1 aliphatic heterocycles. The number of rotatable bonds is 6. The van der Waals surface area contributed by atoms with Crippen LogP contribution in [0.5, 0.6) is 5.75 Å². The minimum atomic E-state index is 0.269. The summed E-state index contributed by atoms with van der Waals surface area (Å²) in [6.07, 6.45) is 7.58. The number of ether oxygens (including phenoxy) is 1. The number of fused-ring (bicyclic) bond motifs is 1. The second kappa shape index (κ2) is 9.02. The van der Waals surface area contributed by atoms with Gasteiger partial charge in [0.25, 0.3) is 0 Å². The Balaban J connectivity index is 1.52. The summed E-state index contributed by atoms with van der Waals surface area (Å²) < 4.78 is 5.54. The molecule has 0 saturated carbocycles. The van der Waals surface area contributed by atoms with Gasteiger partial charge in [0.2, 0.25) is 0 Å². The van der Waals surface area contributed by atoms with Gasteiger partial charge in [0.05, 0.1) is 36.0 Å². The van der Waals surface area contributed by atoms with Crippen LogP contribution in [0.1, 0.15) is 12.0 Å². The first-order valence-electron chi connectivity index (χ1n) is 10.5. The number of hydrogen-bond donors (Lipinski definition) is 3. The molecular weight excluding hydrogens is 418 g/mol. The van der Waals surface area contributed by atoms with E-state index < -0.39 is 0 Å². The third-order valence-electron chi connectivity index (χ3n) is 5.36. The molecule has 1 fully saturated rings. The number of nitrogens with zero attached hydrogens (tertiary/aromatic N) is 6. The summed E-state index contributed by atoms with van der Waals surface area (Å²) >= 11 is 0. The number of nitriles is 1. The molecule has 1 saturated heterocycles. The van der Waals surface area contributed by atoms with E-state index in [-0.39, 0.29) is 6.04 Å². The Hall–Kier alpha value is -4.36. The molecule has 1 aliphatic rings. The molecule has 164 valence electrons. The first kappa shape index (κ1) is 20.5. The molecule has 0 spiro atoms. The molecule has 5 rings (SSSR count). The standard InChI is InChI=1S/C23H21N9O/c1-33-18-13-26-12-17-21(18)23(29-16-5-6-25-11-16)32-22(30-17)15-4-7-27-20(8-15)31-19-3-2-14(9-24)10-28-19/h2-4,7-8,10,12-13,16,25H,5-6,11H2,1H3,(H,27,28,31)(H,29,30,32). The van der Waals surface area contributed by atoms with Crippen LogP contribution in [0.15, 0.2) is 49.1 Å². The van der Waals surface area contributed by atoms with Crippen molar-refractivity contribution in [2.45, 2.75) is 12.5 Å². The van der Waals surface area contributed by atoms with Gasteiger partial charge in [-0.3, -0.25) is 4.98 Å². The van der Waals surface area contributed by atoms with E-state index in [2.05, 4.69) is 37.0 Å². The van der Waals surface area contributed by atoms with E-state index in [9.17, 15) is 0 Å². The highest BCUT2D eigenvalue weighted by Crippen LogP contribution is 2.32. The third kappa shape index (κ3) is 4.35. The molecule has 0 aromatic carbocycles. The molecule has 0 bridgehead atoms. The average Bonchev–Trinajstić information content (AvgIpc) is 3.37. The summed E-state index contributed by atoms with van der Waals surface area (Å²) in [4.78, 5) is 22.5. The van der Waals surface area contributed by atoms with Crippen LogP contribution >= 0.6 is 0 Å². The van der Waals surface area contributed by atoms with Crippen LogP contribution in [0, 0.1) is 11.3 Å². The van der Waals surface area contributed by atoms with Crippen molar-refractivity contribution >= 4 is 28.4 Å². The van der Waals surface area contributed by atoms with Crippen LogP contribution in [0.3, 0.4) is 0 Å². The lowest BCUT2D eigenvalue weighted by molar-refractivity contribution is 0.418. The first-order chi connectivity index (χ1) is 16.2. The van der Waals surface area contributed by atoms with Gasteiger partial charge < -0.3 is 20.7 Å². The number of nitrogens with one attached hydrogen (secondary N) is 3. The van der Waals surface area contributed by atoms with Crippen LogP contribution < -0.4 is 20.7 Å². The van der Waals surface area contributed by atoms with Gasteiger partial charge in [0, 0.05) is 30.5 Å². The Labute approximate surface area is 190 Å². The Morgan fingerprint density at radius 1 is 1.12 bits per heavy atom. The van der Waals surface area contributed by atoms with E-state index in [1.807, 2.05) is 12.1 Å². The van der Waals surface area contributed by atoms with E-state index in [1.165, 1.54) is 6.20 Å². The van der Waals surface area contributed by atoms with Gasteiger partial charge in [0.1, 0.15) is 29.3 Å². The Bertz CT molecular complexity index is 1330. The smallest absolute Gasteiger partial charge is 0.162 e. The molecule has 0 radical (unpaired) electrons. The highest BCUT2D eigenvalue weighted by atomic mass is 16.5. The zero-order chi connectivity index (χ0) is 22.6. The normalized spacial score (nSPS) is 15.2. The summed E-state index contributed by atoms with van der Waals surface area (Å²) in [7, 11) is 1.61. The predicted octanol–water partition coefficient (Wildman–Crippen LogP) is 2.88. The molecule has 4 aromatic rings. The SMILES string of the molecule is COc1cncc2nc(-c3ccnc(Nc4ccc(C#N)cn4)c3)nc(NC3CCNC3)c12. The Kier molecular flexibility index (Phi) is 5.61. The zero-order valence-electron chi connectivity index (χ0n) is 17.9. The molecule has 1 atom stereocenters. The number of hydrogen-bond acceptors (Lipinski definition) is 10. The molecule has 10 nitrogen and oxygen atoms in total. The maximum atomic E-state index is 8.94. The molecular formula is C23H21N9O. The second-order valence-corrected chi connectivity index (χ2v) is 7.56. The molecule has 0 amide bonds. The molecule has 1 unspecified atom stereocenters. The molecule has 0 aliphatic carbocycles. The van der Waals surface area contributed by atoms with Gasteiger partial charge in [-0.2, -0.15) is 5.26 Å². The quantitative estimate of drug-likeness (QED) is 0.412. The first-order valence-corrected chi connectivity index (χ1v) is 10.5. The molecule has 5 heterocycles. The summed E-state index contributed by atoms with van der Waals surface area (Å²) in [5.41, 5.74) is 1.97. The summed E-state index contributed by atoms with van der Waals surface area (Å²) in [6.45, 7) is 1.84. The van der Waals surface area contributed by atoms with Crippen molar-refractivity contribution in [1.29, 1.82) is 5.26 Å². The van der Waals surface area contributed by atoms with E-state index >= 15 is 0 Å². The number of aromatic nitrogens is 5. The highest BCUT2D eigenvalue weighted by Gasteiger charge is 2.20. The van der Waals surface area contributed by atoms with E-state index in [0.717, 1.165) is 30.5 Å². The van der Waals surface area contributed by atoms with Gasteiger partial charge in [-0.05, 0) is 37.2 Å². The van der Waals surface area contributed by atoms with Crippen molar-refractivity contribution < 1.29 is 4.74 Å². The highest BCUT2D eigenvalue weighted by molar-refractivity contribution is 5.95. The Morgan fingerprint density at radius 3 is 2.82 bits per heavy atom. The predicted molar refractivity (Wildman–Crippen MR) is 124 cm³/mol. The zero-order valence-corrected chi connectivity index (χ0v) is 17.9. The number of pyridine rings is 3. The van der Waals surface area contributed by atoms with Crippen LogP contribution in [-0.2, 0) is 0 Å².